The zero-order valence-electron chi connectivity index (χ0n) is 12.1. The fourth-order valence-corrected chi connectivity index (χ4v) is 3.03. The third-order valence-corrected chi connectivity index (χ3v) is 4.14. The Labute approximate surface area is 124 Å². The number of hydrogen-bond acceptors (Lipinski definition) is 3. The van der Waals surface area contributed by atoms with Gasteiger partial charge in [-0.25, -0.2) is 4.39 Å². The maximum atomic E-state index is 13.2. The molecule has 114 valence electrons. The third kappa shape index (κ3) is 3.60. The predicted molar refractivity (Wildman–Crippen MR) is 77.2 cm³/mol. The normalized spacial score (nSPS) is 23.5. The van der Waals surface area contributed by atoms with Gasteiger partial charge in [0.15, 0.2) is 0 Å². The molecule has 1 aromatic carbocycles. The van der Waals surface area contributed by atoms with Gasteiger partial charge in [-0.2, -0.15) is 0 Å². The van der Waals surface area contributed by atoms with Crippen LogP contribution in [0.1, 0.15) is 18.4 Å². The van der Waals surface area contributed by atoms with E-state index in [1.54, 1.807) is 12.1 Å². The highest BCUT2D eigenvalue weighted by Gasteiger charge is 2.31. The van der Waals surface area contributed by atoms with Crippen LogP contribution in [0.5, 0.6) is 0 Å². The quantitative estimate of drug-likeness (QED) is 0.849. The van der Waals surface area contributed by atoms with Crippen molar-refractivity contribution in [2.75, 3.05) is 32.8 Å². The molecule has 2 aliphatic rings. The van der Waals surface area contributed by atoms with Crippen molar-refractivity contribution >= 4 is 5.91 Å². The smallest absolute Gasteiger partial charge is 0.253 e. The molecule has 2 saturated heterocycles. The van der Waals surface area contributed by atoms with Gasteiger partial charge >= 0.3 is 0 Å². The number of amides is 1. The fraction of sp³-hybridized carbons (Fsp3) is 0.562. The summed E-state index contributed by atoms with van der Waals surface area (Å²) in [4.78, 5) is 16.4. The Morgan fingerprint density at radius 1 is 1.29 bits per heavy atom. The van der Waals surface area contributed by atoms with E-state index in [1.165, 1.54) is 6.07 Å². The molecule has 0 saturated carbocycles. The van der Waals surface area contributed by atoms with E-state index in [-0.39, 0.29) is 17.8 Å². The van der Waals surface area contributed by atoms with E-state index >= 15 is 0 Å². The molecular formula is C16H21FN2O2. The average Bonchev–Trinajstić information content (AvgIpc) is 3.01. The van der Waals surface area contributed by atoms with Gasteiger partial charge in [-0.1, -0.05) is 12.1 Å². The summed E-state index contributed by atoms with van der Waals surface area (Å²) in [6, 6.07) is 6.63. The van der Waals surface area contributed by atoms with Crippen molar-refractivity contribution < 1.29 is 13.9 Å². The number of hydrogen-bond donors (Lipinski definition) is 0. The van der Waals surface area contributed by atoms with Crippen LogP contribution in [0.2, 0.25) is 0 Å². The van der Waals surface area contributed by atoms with Crippen molar-refractivity contribution in [2.24, 2.45) is 0 Å². The molecule has 5 heteroatoms. The van der Waals surface area contributed by atoms with Gasteiger partial charge in [0.2, 0.25) is 0 Å². The Morgan fingerprint density at radius 3 is 2.86 bits per heavy atom. The molecular weight excluding hydrogens is 271 g/mol. The van der Waals surface area contributed by atoms with Crippen LogP contribution < -0.4 is 0 Å². The second-order valence-corrected chi connectivity index (χ2v) is 5.76. The van der Waals surface area contributed by atoms with Gasteiger partial charge in [-0.05, 0) is 30.5 Å². The maximum absolute atomic E-state index is 13.2. The van der Waals surface area contributed by atoms with Crippen LogP contribution in [0.15, 0.2) is 24.3 Å². The van der Waals surface area contributed by atoms with E-state index in [4.69, 9.17) is 4.74 Å². The largest absolute Gasteiger partial charge is 0.366 e. The molecule has 2 aliphatic heterocycles. The van der Waals surface area contributed by atoms with E-state index in [1.807, 2.05) is 11.0 Å². The first kappa shape index (κ1) is 14.5. The second kappa shape index (κ2) is 6.54. The topological polar surface area (TPSA) is 32.8 Å². The Kier molecular flexibility index (Phi) is 4.51. The minimum Gasteiger partial charge on any atom is -0.366 e. The molecule has 3 rings (SSSR count). The molecule has 1 amide bonds. The number of morpholine rings is 1. The van der Waals surface area contributed by atoms with Gasteiger partial charge in [-0.15, -0.1) is 0 Å². The Hall–Kier alpha value is -1.46. The molecule has 1 aromatic rings. The lowest BCUT2D eigenvalue weighted by Crippen LogP contribution is -2.50. The van der Waals surface area contributed by atoms with E-state index in [2.05, 4.69) is 4.90 Å². The van der Waals surface area contributed by atoms with E-state index in [0.717, 1.165) is 38.0 Å². The standard InChI is InChI=1S/C16H21FN2O2/c17-14-5-3-4-13(10-14)11-18-8-9-21-15(12-18)16(20)19-6-1-2-7-19/h3-5,10,15H,1-2,6-9,11-12H2. The molecule has 0 spiro atoms. The number of carbonyl (C=O) groups excluding carboxylic acids is 1. The number of benzene rings is 1. The predicted octanol–water partition coefficient (Wildman–Crippen LogP) is 1.65. The zero-order chi connectivity index (χ0) is 14.7. The van der Waals surface area contributed by atoms with Crippen molar-refractivity contribution in [3.05, 3.63) is 35.6 Å². The molecule has 0 N–H and O–H groups in total. The molecule has 21 heavy (non-hydrogen) atoms. The summed E-state index contributed by atoms with van der Waals surface area (Å²) in [7, 11) is 0. The first-order chi connectivity index (χ1) is 10.2. The molecule has 4 nitrogen and oxygen atoms in total. The summed E-state index contributed by atoms with van der Waals surface area (Å²) in [5, 5.41) is 0. The highest BCUT2D eigenvalue weighted by Crippen LogP contribution is 2.16. The van der Waals surface area contributed by atoms with Crippen molar-refractivity contribution in [2.45, 2.75) is 25.5 Å². The fourth-order valence-electron chi connectivity index (χ4n) is 3.03. The number of carbonyl (C=O) groups is 1. The summed E-state index contributed by atoms with van der Waals surface area (Å²) < 4.78 is 18.9. The minimum atomic E-state index is -0.370. The van der Waals surface area contributed by atoms with Gasteiger partial charge in [0.25, 0.3) is 5.91 Å². The van der Waals surface area contributed by atoms with Crippen LogP contribution in [0.25, 0.3) is 0 Å². The third-order valence-electron chi connectivity index (χ3n) is 4.14. The maximum Gasteiger partial charge on any atom is 0.253 e. The van der Waals surface area contributed by atoms with Crippen molar-refractivity contribution in [3.63, 3.8) is 0 Å². The monoisotopic (exact) mass is 292 g/mol. The highest BCUT2D eigenvalue weighted by atomic mass is 19.1. The molecule has 2 fully saturated rings. The lowest BCUT2D eigenvalue weighted by atomic mass is 10.1. The zero-order valence-corrected chi connectivity index (χ0v) is 12.1. The first-order valence-corrected chi connectivity index (χ1v) is 7.59. The van der Waals surface area contributed by atoms with Gasteiger partial charge < -0.3 is 9.64 Å². The van der Waals surface area contributed by atoms with Crippen molar-refractivity contribution in [1.82, 2.24) is 9.80 Å². The molecule has 1 unspecified atom stereocenters. The second-order valence-electron chi connectivity index (χ2n) is 5.76. The average molecular weight is 292 g/mol. The van der Waals surface area contributed by atoms with Crippen LogP contribution in [-0.4, -0.2) is 54.6 Å². The minimum absolute atomic E-state index is 0.108. The number of likely N-dealkylation sites (tertiary alicyclic amines) is 1. The van der Waals surface area contributed by atoms with Crippen LogP contribution in [0, 0.1) is 5.82 Å². The van der Waals surface area contributed by atoms with Crippen molar-refractivity contribution in [3.8, 4) is 0 Å². The van der Waals surface area contributed by atoms with Gasteiger partial charge in [0.05, 0.1) is 6.61 Å². The summed E-state index contributed by atoms with van der Waals surface area (Å²) >= 11 is 0. The van der Waals surface area contributed by atoms with Gasteiger partial charge in [0, 0.05) is 32.7 Å². The number of rotatable bonds is 3. The Balaban J connectivity index is 1.59. The summed E-state index contributed by atoms with van der Waals surface area (Å²) in [5.41, 5.74) is 0.935. The molecule has 0 aromatic heterocycles. The summed E-state index contributed by atoms with van der Waals surface area (Å²) in [6.07, 6.45) is 1.81. The first-order valence-electron chi connectivity index (χ1n) is 7.59. The van der Waals surface area contributed by atoms with Crippen LogP contribution >= 0.6 is 0 Å². The van der Waals surface area contributed by atoms with E-state index in [0.29, 0.717) is 19.7 Å². The van der Waals surface area contributed by atoms with Crippen LogP contribution in [0.3, 0.4) is 0 Å². The number of ether oxygens (including phenoxy) is 1. The van der Waals surface area contributed by atoms with Crippen molar-refractivity contribution in [1.29, 1.82) is 0 Å². The highest BCUT2D eigenvalue weighted by molar-refractivity contribution is 5.81. The Morgan fingerprint density at radius 2 is 2.10 bits per heavy atom. The van der Waals surface area contributed by atoms with E-state index < -0.39 is 0 Å². The van der Waals surface area contributed by atoms with Gasteiger partial charge in [0.1, 0.15) is 11.9 Å². The molecule has 0 aliphatic carbocycles. The molecule has 2 heterocycles. The number of halogens is 1. The number of nitrogens with zero attached hydrogens (tertiary/aromatic N) is 2. The molecule has 0 radical (unpaired) electrons. The van der Waals surface area contributed by atoms with Crippen LogP contribution in [-0.2, 0) is 16.1 Å². The van der Waals surface area contributed by atoms with Crippen LogP contribution in [0.4, 0.5) is 4.39 Å². The van der Waals surface area contributed by atoms with Gasteiger partial charge in [-0.3, -0.25) is 9.69 Å². The molecule has 1 atom stereocenters. The summed E-state index contributed by atoms with van der Waals surface area (Å²) in [6.45, 7) is 4.28. The SMILES string of the molecule is O=C(C1CN(Cc2cccc(F)c2)CCO1)N1CCCC1. The summed E-state index contributed by atoms with van der Waals surface area (Å²) in [5.74, 6) is -0.109. The lowest BCUT2D eigenvalue weighted by Gasteiger charge is -2.34. The lowest BCUT2D eigenvalue weighted by molar-refractivity contribution is -0.148. The van der Waals surface area contributed by atoms with E-state index in [9.17, 15) is 9.18 Å². The molecule has 0 bridgehead atoms. The Bertz CT molecular complexity index is 503.